The second-order valence-corrected chi connectivity index (χ2v) is 5.07. The van der Waals surface area contributed by atoms with Gasteiger partial charge in [0.2, 0.25) is 0 Å². The van der Waals surface area contributed by atoms with E-state index < -0.39 is 0 Å². The smallest absolute Gasteiger partial charge is 0.106 e. The maximum atomic E-state index is 9.57. The van der Waals surface area contributed by atoms with Crippen LogP contribution in [0.5, 0.6) is 0 Å². The molecule has 3 rings (SSSR count). The van der Waals surface area contributed by atoms with Gasteiger partial charge in [0.1, 0.15) is 11.9 Å². The summed E-state index contributed by atoms with van der Waals surface area (Å²) >= 11 is 6.25. The Kier molecular flexibility index (Phi) is 2.96. The summed E-state index contributed by atoms with van der Waals surface area (Å²) < 4.78 is 1.94. The molecule has 0 aliphatic rings. The quantitative estimate of drug-likeness (QED) is 0.674. The number of hydrogen-bond acceptors (Lipinski definition) is 2. The molecule has 20 heavy (non-hydrogen) atoms. The van der Waals surface area contributed by atoms with Gasteiger partial charge in [-0.15, -0.1) is 0 Å². The number of fused-ring (bicyclic) bond motifs is 1. The summed E-state index contributed by atoms with van der Waals surface area (Å²) in [5.41, 5.74) is 4.00. The zero-order valence-electron chi connectivity index (χ0n) is 11.2. The molecule has 0 unspecified atom stereocenters. The third-order valence-electron chi connectivity index (χ3n) is 3.54. The molecule has 1 heterocycles. The molecule has 0 bridgehead atoms. The Labute approximate surface area is 122 Å². The lowest BCUT2D eigenvalue weighted by Crippen LogP contribution is -1.95. The largest absolute Gasteiger partial charge is 0.330 e. The Morgan fingerprint density at radius 1 is 1.15 bits per heavy atom. The molecule has 0 fully saturated rings. The van der Waals surface area contributed by atoms with Crippen LogP contribution >= 0.6 is 11.6 Å². The van der Waals surface area contributed by atoms with E-state index in [2.05, 4.69) is 11.1 Å². The molecule has 98 valence electrons. The van der Waals surface area contributed by atoms with Crippen LogP contribution in [0.4, 0.5) is 0 Å². The second kappa shape index (κ2) is 4.66. The number of benzene rings is 2. The fourth-order valence-electron chi connectivity index (χ4n) is 2.44. The van der Waals surface area contributed by atoms with Crippen molar-refractivity contribution in [3.63, 3.8) is 0 Å². The second-order valence-electron chi connectivity index (χ2n) is 4.67. The highest BCUT2D eigenvalue weighted by Crippen LogP contribution is 2.33. The minimum Gasteiger partial charge on any atom is -0.330 e. The summed E-state index contributed by atoms with van der Waals surface area (Å²) in [7, 11) is 1.92. The van der Waals surface area contributed by atoms with Crippen molar-refractivity contribution in [2.45, 2.75) is 6.92 Å². The normalized spacial score (nSPS) is 10.7. The molecule has 0 saturated heterocycles. The molecule has 1 aromatic heterocycles. The van der Waals surface area contributed by atoms with Crippen molar-refractivity contribution in [1.82, 2.24) is 9.55 Å². The number of halogens is 1. The van der Waals surface area contributed by atoms with Gasteiger partial charge in [-0.1, -0.05) is 35.9 Å². The highest BCUT2D eigenvalue weighted by atomic mass is 35.5. The summed E-state index contributed by atoms with van der Waals surface area (Å²) in [4.78, 5) is 4.46. The van der Waals surface area contributed by atoms with E-state index in [1.807, 2.05) is 54.9 Å². The molecular formula is C16H12ClN3. The molecular weight excluding hydrogens is 270 g/mol. The number of rotatable bonds is 1. The molecule has 0 spiro atoms. The Morgan fingerprint density at radius 3 is 2.60 bits per heavy atom. The molecule has 2 aromatic carbocycles. The van der Waals surface area contributed by atoms with Crippen molar-refractivity contribution in [2.75, 3.05) is 0 Å². The molecule has 0 aliphatic heterocycles. The summed E-state index contributed by atoms with van der Waals surface area (Å²) in [5, 5.41) is 10.2. The van der Waals surface area contributed by atoms with Crippen LogP contribution in [0.1, 0.15) is 11.4 Å². The number of aromatic nitrogens is 2. The first-order chi connectivity index (χ1) is 9.63. The fraction of sp³-hybridized carbons (Fsp3) is 0.125. The van der Waals surface area contributed by atoms with Crippen molar-refractivity contribution in [3.8, 4) is 17.2 Å². The van der Waals surface area contributed by atoms with Gasteiger partial charge in [-0.3, -0.25) is 0 Å². The maximum absolute atomic E-state index is 9.57. The first kappa shape index (κ1) is 12.7. The van der Waals surface area contributed by atoms with Gasteiger partial charge >= 0.3 is 0 Å². The molecule has 0 aliphatic carbocycles. The molecule has 3 aromatic rings. The lowest BCUT2D eigenvalue weighted by molar-refractivity contribution is 0.885. The maximum Gasteiger partial charge on any atom is 0.106 e. The van der Waals surface area contributed by atoms with E-state index in [9.17, 15) is 5.26 Å². The number of imidazole rings is 1. The Morgan fingerprint density at radius 2 is 1.90 bits per heavy atom. The van der Waals surface area contributed by atoms with E-state index in [0.29, 0.717) is 10.6 Å². The van der Waals surface area contributed by atoms with Gasteiger partial charge < -0.3 is 4.57 Å². The lowest BCUT2D eigenvalue weighted by Gasteiger charge is -2.08. The molecule has 0 N–H and O–H groups in total. The Hall–Kier alpha value is -2.31. The number of aryl methyl sites for hydroxylation is 2. The van der Waals surface area contributed by atoms with Crippen LogP contribution in [-0.4, -0.2) is 9.55 Å². The van der Waals surface area contributed by atoms with Gasteiger partial charge in [0.05, 0.1) is 16.6 Å². The van der Waals surface area contributed by atoms with E-state index in [-0.39, 0.29) is 0 Å². The van der Waals surface area contributed by atoms with Crippen LogP contribution in [0, 0.1) is 18.3 Å². The van der Waals surface area contributed by atoms with Crippen LogP contribution in [0.25, 0.3) is 22.2 Å². The van der Waals surface area contributed by atoms with Crippen molar-refractivity contribution < 1.29 is 0 Å². The standard InChI is InChI=1S/C16H12ClN3/c1-10-19-15-8-7-11(12-5-3-4-6-14(12)17)13(9-18)16(15)20(10)2/h3-8H,1-2H3. The zero-order chi connectivity index (χ0) is 14.3. The van der Waals surface area contributed by atoms with E-state index in [0.717, 1.165) is 28.0 Å². The van der Waals surface area contributed by atoms with Crippen LogP contribution < -0.4 is 0 Å². The van der Waals surface area contributed by atoms with E-state index in [1.54, 1.807) is 0 Å². The lowest BCUT2D eigenvalue weighted by atomic mass is 9.99. The Bertz CT molecular complexity index is 856. The molecule has 4 heteroatoms. The van der Waals surface area contributed by atoms with Crippen molar-refractivity contribution in [2.24, 2.45) is 7.05 Å². The molecule has 0 atom stereocenters. The van der Waals surface area contributed by atoms with E-state index in [1.165, 1.54) is 0 Å². The van der Waals surface area contributed by atoms with Crippen LogP contribution in [0.3, 0.4) is 0 Å². The predicted molar refractivity (Wildman–Crippen MR) is 80.6 cm³/mol. The third-order valence-corrected chi connectivity index (χ3v) is 3.87. The number of hydrogen-bond donors (Lipinski definition) is 0. The first-order valence-electron chi connectivity index (χ1n) is 6.24. The summed E-state index contributed by atoms with van der Waals surface area (Å²) in [6.45, 7) is 1.93. The van der Waals surface area contributed by atoms with Crippen LogP contribution in [-0.2, 0) is 7.05 Å². The van der Waals surface area contributed by atoms with Crippen LogP contribution in [0.15, 0.2) is 36.4 Å². The minimum absolute atomic E-state index is 0.610. The fourth-order valence-corrected chi connectivity index (χ4v) is 2.68. The number of nitriles is 1. The van der Waals surface area contributed by atoms with Gasteiger partial charge in [0.25, 0.3) is 0 Å². The van der Waals surface area contributed by atoms with E-state index in [4.69, 9.17) is 11.6 Å². The van der Waals surface area contributed by atoms with Crippen LogP contribution in [0.2, 0.25) is 5.02 Å². The molecule has 0 amide bonds. The topological polar surface area (TPSA) is 41.6 Å². The zero-order valence-corrected chi connectivity index (χ0v) is 11.9. The highest BCUT2D eigenvalue weighted by molar-refractivity contribution is 6.33. The van der Waals surface area contributed by atoms with Gasteiger partial charge in [-0.25, -0.2) is 4.98 Å². The van der Waals surface area contributed by atoms with Crippen molar-refractivity contribution in [1.29, 1.82) is 5.26 Å². The Balaban J connectivity index is 2.42. The summed E-state index contributed by atoms with van der Waals surface area (Å²) in [5.74, 6) is 0.882. The van der Waals surface area contributed by atoms with Gasteiger partial charge in [0, 0.05) is 23.2 Å². The first-order valence-corrected chi connectivity index (χ1v) is 6.62. The average Bonchev–Trinajstić information content (AvgIpc) is 2.74. The average molecular weight is 282 g/mol. The SMILES string of the molecule is Cc1nc2ccc(-c3ccccc3Cl)c(C#N)c2n1C. The van der Waals surface area contributed by atoms with Gasteiger partial charge in [0.15, 0.2) is 0 Å². The molecule has 0 radical (unpaired) electrons. The minimum atomic E-state index is 0.610. The molecule has 0 saturated carbocycles. The van der Waals surface area contributed by atoms with Crippen molar-refractivity contribution in [3.05, 3.63) is 52.8 Å². The summed E-state index contributed by atoms with van der Waals surface area (Å²) in [6.07, 6.45) is 0. The van der Waals surface area contributed by atoms with Crippen molar-refractivity contribution >= 4 is 22.6 Å². The predicted octanol–water partition coefficient (Wildman–Crippen LogP) is 4.07. The monoisotopic (exact) mass is 281 g/mol. The number of nitrogens with zero attached hydrogens (tertiary/aromatic N) is 3. The summed E-state index contributed by atoms with van der Waals surface area (Å²) in [6, 6.07) is 13.7. The third kappa shape index (κ3) is 1.77. The van der Waals surface area contributed by atoms with Gasteiger partial charge in [-0.05, 0) is 19.1 Å². The highest BCUT2D eigenvalue weighted by Gasteiger charge is 2.15. The van der Waals surface area contributed by atoms with E-state index >= 15 is 0 Å². The molecule has 3 nitrogen and oxygen atoms in total. The van der Waals surface area contributed by atoms with Gasteiger partial charge in [-0.2, -0.15) is 5.26 Å².